The summed E-state index contributed by atoms with van der Waals surface area (Å²) in [5, 5.41) is 10.8. The van der Waals surface area contributed by atoms with Crippen molar-refractivity contribution in [3.05, 3.63) is 48.3 Å². The lowest BCUT2D eigenvalue weighted by molar-refractivity contribution is 0.207. The van der Waals surface area contributed by atoms with E-state index in [2.05, 4.69) is 27.8 Å². The second-order valence-electron chi connectivity index (χ2n) is 5.24. The maximum absolute atomic E-state index is 12.1. The van der Waals surface area contributed by atoms with E-state index in [-0.39, 0.29) is 12.1 Å². The van der Waals surface area contributed by atoms with Gasteiger partial charge < -0.3 is 10.2 Å². The molecular weight excluding hydrogens is 266 g/mol. The highest BCUT2D eigenvalue weighted by Crippen LogP contribution is 2.19. The number of carbonyl (C=O) groups is 1. The van der Waals surface area contributed by atoms with Crippen LogP contribution in [0.25, 0.3) is 0 Å². The number of nitrogens with one attached hydrogen (secondary N) is 1. The minimum atomic E-state index is 0.00791. The number of nitrogens with zero attached hydrogens (tertiary/aromatic N) is 4. The maximum Gasteiger partial charge on any atom is 0.317 e. The highest BCUT2D eigenvalue weighted by Gasteiger charge is 2.27. The third-order valence-electron chi connectivity index (χ3n) is 3.80. The van der Waals surface area contributed by atoms with Crippen molar-refractivity contribution in [2.45, 2.75) is 18.9 Å². The molecule has 1 aromatic heterocycles. The van der Waals surface area contributed by atoms with Gasteiger partial charge in [-0.2, -0.15) is 0 Å². The summed E-state index contributed by atoms with van der Waals surface area (Å²) in [7, 11) is 0. The monoisotopic (exact) mass is 285 g/mol. The Morgan fingerprint density at radius 1 is 1.33 bits per heavy atom. The van der Waals surface area contributed by atoms with Gasteiger partial charge in [0, 0.05) is 25.8 Å². The van der Waals surface area contributed by atoms with E-state index in [9.17, 15) is 4.79 Å². The second-order valence-corrected chi connectivity index (χ2v) is 5.24. The first-order valence-corrected chi connectivity index (χ1v) is 7.25. The van der Waals surface area contributed by atoms with Crippen LogP contribution >= 0.6 is 0 Å². The molecule has 1 fully saturated rings. The van der Waals surface area contributed by atoms with Gasteiger partial charge in [-0.25, -0.2) is 9.48 Å². The molecule has 0 aliphatic carbocycles. The van der Waals surface area contributed by atoms with Crippen molar-refractivity contribution in [2.24, 2.45) is 0 Å². The van der Waals surface area contributed by atoms with Gasteiger partial charge in [0.2, 0.25) is 0 Å². The molecule has 21 heavy (non-hydrogen) atoms. The van der Waals surface area contributed by atoms with Crippen LogP contribution in [0.2, 0.25) is 0 Å². The Morgan fingerprint density at radius 3 is 2.95 bits per heavy atom. The molecule has 1 atom stereocenters. The Morgan fingerprint density at radius 2 is 2.19 bits per heavy atom. The molecule has 110 valence electrons. The number of benzene rings is 1. The van der Waals surface area contributed by atoms with Crippen LogP contribution in [0.15, 0.2) is 42.7 Å². The van der Waals surface area contributed by atoms with E-state index < -0.39 is 0 Å². The van der Waals surface area contributed by atoms with Crippen molar-refractivity contribution in [2.75, 3.05) is 19.6 Å². The molecule has 2 aromatic rings. The molecule has 0 saturated carbocycles. The van der Waals surface area contributed by atoms with Crippen LogP contribution in [-0.2, 0) is 6.42 Å². The fraction of sp³-hybridized carbons (Fsp3) is 0.400. The molecule has 6 nitrogen and oxygen atoms in total. The molecular formula is C15H19N5O. The molecule has 2 heterocycles. The van der Waals surface area contributed by atoms with Crippen LogP contribution in [0.3, 0.4) is 0 Å². The molecule has 0 unspecified atom stereocenters. The van der Waals surface area contributed by atoms with E-state index in [0.29, 0.717) is 13.1 Å². The quantitative estimate of drug-likeness (QED) is 0.925. The Balaban J connectivity index is 1.44. The molecule has 0 spiro atoms. The van der Waals surface area contributed by atoms with E-state index in [4.69, 9.17) is 0 Å². The summed E-state index contributed by atoms with van der Waals surface area (Å²) in [6.45, 7) is 2.12. The summed E-state index contributed by atoms with van der Waals surface area (Å²) in [5.41, 5.74) is 1.24. The van der Waals surface area contributed by atoms with Crippen molar-refractivity contribution in [3.63, 3.8) is 0 Å². The van der Waals surface area contributed by atoms with Gasteiger partial charge in [0.25, 0.3) is 0 Å². The predicted octanol–water partition coefficient (Wildman–Crippen LogP) is 1.48. The van der Waals surface area contributed by atoms with Crippen LogP contribution in [0.1, 0.15) is 18.0 Å². The zero-order valence-corrected chi connectivity index (χ0v) is 11.9. The molecule has 0 radical (unpaired) electrons. The molecule has 1 aliphatic rings. The van der Waals surface area contributed by atoms with Gasteiger partial charge in [0.05, 0.1) is 12.2 Å². The number of carbonyl (C=O) groups excluding carboxylic acids is 1. The zero-order chi connectivity index (χ0) is 14.5. The Hall–Kier alpha value is -2.37. The lowest BCUT2D eigenvalue weighted by Gasteiger charge is -2.17. The van der Waals surface area contributed by atoms with Gasteiger partial charge in [-0.05, 0) is 18.4 Å². The van der Waals surface area contributed by atoms with E-state index >= 15 is 0 Å². The van der Waals surface area contributed by atoms with Gasteiger partial charge in [-0.1, -0.05) is 35.5 Å². The van der Waals surface area contributed by atoms with Crippen LogP contribution < -0.4 is 5.32 Å². The lowest BCUT2D eigenvalue weighted by atomic mass is 10.1. The molecule has 1 aliphatic heterocycles. The molecule has 0 bridgehead atoms. The van der Waals surface area contributed by atoms with E-state index in [1.807, 2.05) is 34.0 Å². The first-order valence-electron chi connectivity index (χ1n) is 7.25. The summed E-state index contributed by atoms with van der Waals surface area (Å²) in [6, 6.07) is 10.4. The summed E-state index contributed by atoms with van der Waals surface area (Å²) in [6.07, 6.45) is 5.30. The number of hydrogen-bond donors (Lipinski definition) is 1. The largest absolute Gasteiger partial charge is 0.338 e. The van der Waals surface area contributed by atoms with Gasteiger partial charge in [-0.15, -0.1) is 5.10 Å². The fourth-order valence-corrected chi connectivity index (χ4v) is 2.62. The van der Waals surface area contributed by atoms with E-state index in [1.165, 1.54) is 5.56 Å². The molecule has 1 saturated heterocycles. The van der Waals surface area contributed by atoms with Crippen molar-refractivity contribution < 1.29 is 4.79 Å². The first-order chi connectivity index (χ1) is 10.3. The molecule has 3 rings (SSSR count). The number of amides is 2. The summed E-state index contributed by atoms with van der Waals surface area (Å²) in [5.74, 6) is 0. The molecule has 6 heteroatoms. The average molecular weight is 285 g/mol. The highest BCUT2D eigenvalue weighted by molar-refractivity contribution is 5.74. The lowest BCUT2D eigenvalue weighted by Crippen LogP contribution is -2.39. The van der Waals surface area contributed by atoms with Gasteiger partial charge in [0.15, 0.2) is 0 Å². The van der Waals surface area contributed by atoms with Crippen molar-refractivity contribution >= 4 is 6.03 Å². The number of aromatic nitrogens is 3. The second kappa shape index (κ2) is 6.39. The van der Waals surface area contributed by atoms with Crippen LogP contribution in [0, 0.1) is 0 Å². The van der Waals surface area contributed by atoms with Crippen molar-refractivity contribution in [3.8, 4) is 0 Å². The Kier molecular flexibility index (Phi) is 4.14. The smallest absolute Gasteiger partial charge is 0.317 e. The van der Waals surface area contributed by atoms with Gasteiger partial charge in [0.1, 0.15) is 0 Å². The summed E-state index contributed by atoms with van der Waals surface area (Å²) in [4.78, 5) is 14.0. The molecule has 1 aromatic carbocycles. The Bertz CT molecular complexity index is 569. The minimum Gasteiger partial charge on any atom is -0.338 e. The third-order valence-corrected chi connectivity index (χ3v) is 3.80. The normalized spacial score (nSPS) is 17.9. The predicted molar refractivity (Wildman–Crippen MR) is 78.8 cm³/mol. The molecule has 1 N–H and O–H groups in total. The SMILES string of the molecule is O=C(NCCc1ccccc1)N1CC[C@H](n2ccnn2)C1. The fourth-order valence-electron chi connectivity index (χ4n) is 2.62. The Labute approximate surface area is 123 Å². The maximum atomic E-state index is 12.1. The van der Waals surface area contributed by atoms with Crippen LogP contribution in [0.5, 0.6) is 0 Å². The standard InChI is InChI=1S/C15H19N5O/c21-15(16-8-6-13-4-2-1-3-5-13)19-10-7-14(12-19)20-11-9-17-18-20/h1-5,9,11,14H,6-8,10,12H2,(H,16,21)/t14-/m0/s1. The van der Waals surface area contributed by atoms with Crippen LogP contribution in [-0.4, -0.2) is 45.6 Å². The van der Waals surface area contributed by atoms with E-state index in [1.54, 1.807) is 6.20 Å². The zero-order valence-electron chi connectivity index (χ0n) is 11.9. The number of urea groups is 1. The minimum absolute atomic E-state index is 0.00791. The first kappa shape index (κ1) is 13.6. The third kappa shape index (κ3) is 3.39. The van der Waals surface area contributed by atoms with Crippen molar-refractivity contribution in [1.29, 1.82) is 0 Å². The van der Waals surface area contributed by atoms with Gasteiger partial charge in [-0.3, -0.25) is 0 Å². The van der Waals surface area contributed by atoms with Crippen LogP contribution in [0.4, 0.5) is 4.79 Å². The topological polar surface area (TPSA) is 63.1 Å². The summed E-state index contributed by atoms with van der Waals surface area (Å²) >= 11 is 0. The molecule has 2 amide bonds. The highest BCUT2D eigenvalue weighted by atomic mass is 16.2. The number of rotatable bonds is 4. The number of likely N-dealkylation sites (tertiary alicyclic amines) is 1. The summed E-state index contributed by atoms with van der Waals surface area (Å²) < 4.78 is 1.83. The average Bonchev–Trinajstić information content (AvgIpc) is 3.19. The van der Waals surface area contributed by atoms with Gasteiger partial charge >= 0.3 is 6.03 Å². The number of hydrogen-bond acceptors (Lipinski definition) is 3. The van der Waals surface area contributed by atoms with E-state index in [0.717, 1.165) is 19.4 Å². The van der Waals surface area contributed by atoms with Crippen molar-refractivity contribution in [1.82, 2.24) is 25.2 Å².